The summed E-state index contributed by atoms with van der Waals surface area (Å²) in [6, 6.07) is 24.0. The van der Waals surface area contributed by atoms with E-state index < -0.39 is 0 Å². The van der Waals surface area contributed by atoms with E-state index in [1.165, 1.54) is 43.7 Å². The molecule has 126 valence electrons. The number of halogens is 1. The number of hydrogen-bond acceptors (Lipinski definition) is 0. The summed E-state index contributed by atoms with van der Waals surface area (Å²) in [5, 5.41) is 0. The smallest absolute Gasteiger partial charge is 0.131 e. The summed E-state index contributed by atoms with van der Waals surface area (Å²) in [5.41, 5.74) is 5.30. The minimum absolute atomic E-state index is 0.172. The van der Waals surface area contributed by atoms with Gasteiger partial charge < -0.3 is 0 Å². The average molecular weight is 330 g/mol. The predicted octanol–water partition coefficient (Wildman–Crippen LogP) is 7.21. The quantitative estimate of drug-likeness (QED) is 0.476. The van der Waals surface area contributed by atoms with Gasteiger partial charge in [-0.15, -0.1) is 0 Å². The molecule has 3 aromatic rings. The second kappa shape index (κ2) is 7.23. The molecule has 0 saturated heterocycles. The zero-order valence-electron chi connectivity index (χ0n) is 14.4. The fourth-order valence-corrected chi connectivity index (χ4v) is 4.02. The zero-order chi connectivity index (χ0) is 17.1. The van der Waals surface area contributed by atoms with Gasteiger partial charge in [0, 0.05) is 5.56 Å². The van der Waals surface area contributed by atoms with Crippen LogP contribution < -0.4 is 0 Å². The van der Waals surface area contributed by atoms with Crippen LogP contribution in [0.1, 0.15) is 43.6 Å². The van der Waals surface area contributed by atoms with E-state index in [9.17, 15) is 4.39 Å². The molecule has 0 N–H and O–H groups in total. The average Bonchev–Trinajstić information content (AvgIpc) is 2.69. The highest BCUT2D eigenvalue weighted by Crippen LogP contribution is 2.36. The van der Waals surface area contributed by atoms with E-state index in [1.54, 1.807) is 6.07 Å². The largest absolute Gasteiger partial charge is 0.206 e. The van der Waals surface area contributed by atoms with Gasteiger partial charge >= 0.3 is 0 Å². The van der Waals surface area contributed by atoms with Gasteiger partial charge in [-0.2, -0.15) is 0 Å². The van der Waals surface area contributed by atoms with E-state index in [4.69, 9.17) is 0 Å². The molecular weight excluding hydrogens is 307 g/mol. The first-order chi connectivity index (χ1) is 12.3. The number of benzene rings is 3. The molecule has 0 amide bonds. The van der Waals surface area contributed by atoms with Crippen LogP contribution in [0.2, 0.25) is 0 Å². The third kappa shape index (κ3) is 3.37. The molecule has 4 rings (SSSR count). The van der Waals surface area contributed by atoms with Crippen molar-refractivity contribution in [3.05, 3.63) is 84.2 Å². The van der Waals surface area contributed by atoms with Crippen LogP contribution in [-0.2, 0) is 0 Å². The third-order valence-electron chi connectivity index (χ3n) is 5.39. The second-order valence-corrected chi connectivity index (χ2v) is 6.98. The van der Waals surface area contributed by atoms with E-state index in [-0.39, 0.29) is 5.82 Å². The van der Waals surface area contributed by atoms with Gasteiger partial charge in [0.05, 0.1) is 0 Å². The van der Waals surface area contributed by atoms with Gasteiger partial charge in [0.1, 0.15) is 5.82 Å². The van der Waals surface area contributed by atoms with Crippen LogP contribution in [0.25, 0.3) is 22.3 Å². The summed E-state index contributed by atoms with van der Waals surface area (Å²) in [7, 11) is 0. The molecule has 0 aliphatic heterocycles. The SMILES string of the molecule is Fc1ccccc1-c1ccccc1-c1ccc(C2CCCCC2)cc1. The topological polar surface area (TPSA) is 0 Å². The summed E-state index contributed by atoms with van der Waals surface area (Å²) in [6.45, 7) is 0. The molecule has 0 bridgehead atoms. The highest BCUT2D eigenvalue weighted by atomic mass is 19.1. The maximum absolute atomic E-state index is 14.3. The van der Waals surface area contributed by atoms with Crippen molar-refractivity contribution in [3.63, 3.8) is 0 Å². The molecule has 25 heavy (non-hydrogen) atoms. The summed E-state index contributed by atoms with van der Waals surface area (Å²) in [5.74, 6) is 0.540. The number of hydrogen-bond donors (Lipinski definition) is 0. The molecule has 1 aliphatic carbocycles. The predicted molar refractivity (Wildman–Crippen MR) is 103 cm³/mol. The molecule has 1 aliphatic rings. The minimum atomic E-state index is -0.172. The maximum Gasteiger partial charge on any atom is 0.131 e. The summed E-state index contributed by atoms with van der Waals surface area (Å²) in [4.78, 5) is 0. The highest BCUT2D eigenvalue weighted by molar-refractivity contribution is 5.83. The Hall–Kier alpha value is -2.41. The normalized spacial score (nSPS) is 15.2. The Balaban J connectivity index is 1.70. The van der Waals surface area contributed by atoms with Crippen molar-refractivity contribution in [1.82, 2.24) is 0 Å². The van der Waals surface area contributed by atoms with Gasteiger partial charge in [-0.1, -0.05) is 86.0 Å². The molecule has 0 aromatic heterocycles. The van der Waals surface area contributed by atoms with Crippen LogP contribution >= 0.6 is 0 Å². The van der Waals surface area contributed by atoms with Gasteiger partial charge in [-0.25, -0.2) is 4.39 Å². The van der Waals surface area contributed by atoms with Crippen molar-refractivity contribution in [3.8, 4) is 22.3 Å². The Morgan fingerprint density at radius 1 is 0.600 bits per heavy atom. The number of rotatable bonds is 3. The first kappa shape index (κ1) is 16.1. The standard InChI is InChI=1S/C24H23F/c25-24-13-7-6-12-23(24)22-11-5-4-10-21(22)20-16-14-19(15-17-20)18-8-2-1-3-9-18/h4-7,10-18H,1-3,8-9H2. The molecule has 1 heteroatoms. The van der Waals surface area contributed by atoms with Crippen LogP contribution in [0.15, 0.2) is 72.8 Å². The highest BCUT2D eigenvalue weighted by Gasteiger charge is 2.16. The molecular formula is C24H23F. The third-order valence-corrected chi connectivity index (χ3v) is 5.39. The maximum atomic E-state index is 14.3. The molecule has 0 unspecified atom stereocenters. The fraction of sp³-hybridized carbons (Fsp3) is 0.250. The van der Waals surface area contributed by atoms with Crippen LogP contribution in [0.4, 0.5) is 4.39 Å². The van der Waals surface area contributed by atoms with Crippen molar-refractivity contribution in [2.75, 3.05) is 0 Å². The van der Waals surface area contributed by atoms with Gasteiger partial charge in [-0.05, 0) is 47.1 Å². The Morgan fingerprint density at radius 3 is 1.88 bits per heavy atom. The first-order valence-electron chi connectivity index (χ1n) is 9.27. The molecule has 1 fully saturated rings. The molecule has 3 aromatic carbocycles. The van der Waals surface area contributed by atoms with Gasteiger partial charge in [-0.3, -0.25) is 0 Å². The van der Waals surface area contributed by atoms with E-state index >= 15 is 0 Å². The summed E-state index contributed by atoms with van der Waals surface area (Å²) >= 11 is 0. The Morgan fingerprint density at radius 2 is 1.20 bits per heavy atom. The van der Waals surface area contributed by atoms with Crippen LogP contribution in [0.3, 0.4) is 0 Å². The van der Waals surface area contributed by atoms with E-state index in [1.807, 2.05) is 30.3 Å². The minimum Gasteiger partial charge on any atom is -0.206 e. The van der Waals surface area contributed by atoms with Crippen LogP contribution in [-0.4, -0.2) is 0 Å². The molecule has 0 heterocycles. The van der Waals surface area contributed by atoms with E-state index in [0.29, 0.717) is 11.5 Å². The monoisotopic (exact) mass is 330 g/mol. The first-order valence-corrected chi connectivity index (χ1v) is 9.27. The molecule has 0 spiro atoms. The van der Waals surface area contributed by atoms with Gasteiger partial charge in [0.25, 0.3) is 0 Å². The van der Waals surface area contributed by atoms with E-state index in [0.717, 1.165) is 16.7 Å². The zero-order valence-corrected chi connectivity index (χ0v) is 14.4. The summed E-state index contributed by atoms with van der Waals surface area (Å²) < 4.78 is 14.3. The van der Waals surface area contributed by atoms with Crippen LogP contribution in [0.5, 0.6) is 0 Å². The van der Waals surface area contributed by atoms with Gasteiger partial charge in [0.2, 0.25) is 0 Å². The lowest BCUT2D eigenvalue weighted by molar-refractivity contribution is 0.443. The molecule has 0 radical (unpaired) electrons. The molecule has 0 nitrogen and oxygen atoms in total. The lowest BCUT2D eigenvalue weighted by Gasteiger charge is -2.22. The Labute approximate surface area is 149 Å². The fourth-order valence-electron chi connectivity index (χ4n) is 4.02. The lowest BCUT2D eigenvalue weighted by Crippen LogP contribution is -2.04. The summed E-state index contributed by atoms with van der Waals surface area (Å²) in [6.07, 6.45) is 6.70. The van der Waals surface area contributed by atoms with Crippen LogP contribution in [0, 0.1) is 5.82 Å². The van der Waals surface area contributed by atoms with Crippen molar-refractivity contribution in [2.24, 2.45) is 0 Å². The second-order valence-electron chi connectivity index (χ2n) is 6.98. The van der Waals surface area contributed by atoms with Crippen molar-refractivity contribution in [1.29, 1.82) is 0 Å². The van der Waals surface area contributed by atoms with Crippen molar-refractivity contribution >= 4 is 0 Å². The molecule has 1 saturated carbocycles. The van der Waals surface area contributed by atoms with Gasteiger partial charge in [0.15, 0.2) is 0 Å². The lowest BCUT2D eigenvalue weighted by atomic mass is 9.83. The van der Waals surface area contributed by atoms with Crippen molar-refractivity contribution in [2.45, 2.75) is 38.0 Å². The van der Waals surface area contributed by atoms with E-state index in [2.05, 4.69) is 30.3 Å². The molecule has 0 atom stereocenters. The Bertz CT molecular complexity index is 842. The Kier molecular flexibility index (Phi) is 4.65. The van der Waals surface area contributed by atoms with Crippen molar-refractivity contribution < 1.29 is 4.39 Å².